The third kappa shape index (κ3) is 4.29. The molecule has 11 aromatic rings. The number of hydrogen-bond acceptors (Lipinski definition) is 1. The van der Waals surface area contributed by atoms with E-state index < -0.39 is 10.8 Å². The van der Waals surface area contributed by atoms with Crippen molar-refractivity contribution >= 4 is 21.5 Å². The molecule has 1 unspecified atom stereocenters. The van der Waals surface area contributed by atoms with Crippen LogP contribution in [0.2, 0.25) is 0 Å². The molecule has 0 N–H and O–H groups in total. The summed E-state index contributed by atoms with van der Waals surface area (Å²) in [7, 11) is 0. The van der Waals surface area contributed by atoms with Crippen LogP contribution in [-0.2, 0) is 10.8 Å². The fraction of sp³-hybridized carbons (Fsp3) is 0.0312. The van der Waals surface area contributed by atoms with Crippen molar-refractivity contribution in [2.45, 2.75) is 10.8 Å². The molecule has 1 heteroatoms. The lowest BCUT2D eigenvalue weighted by Gasteiger charge is -2.40. The van der Waals surface area contributed by atoms with Gasteiger partial charge in [-0.2, -0.15) is 0 Å². The van der Waals surface area contributed by atoms with Crippen molar-refractivity contribution in [1.29, 1.82) is 0 Å². The first-order valence-electron chi connectivity index (χ1n) is 22.8. The van der Waals surface area contributed by atoms with Crippen LogP contribution < -0.4 is 4.74 Å². The molecular formula is C64H38O. The Labute approximate surface area is 377 Å². The van der Waals surface area contributed by atoms with Gasteiger partial charge < -0.3 is 4.74 Å². The summed E-state index contributed by atoms with van der Waals surface area (Å²) in [6.45, 7) is 0. The van der Waals surface area contributed by atoms with Crippen molar-refractivity contribution in [3.05, 3.63) is 275 Å². The molecule has 1 aliphatic heterocycles. The summed E-state index contributed by atoms with van der Waals surface area (Å²) in [5.74, 6) is 1.80. The van der Waals surface area contributed by atoms with Gasteiger partial charge in [0.15, 0.2) is 0 Å². The number of hydrogen-bond donors (Lipinski definition) is 0. The van der Waals surface area contributed by atoms with Gasteiger partial charge in [-0.3, -0.25) is 0 Å². The van der Waals surface area contributed by atoms with Gasteiger partial charge in [0.1, 0.15) is 11.5 Å². The van der Waals surface area contributed by atoms with Crippen molar-refractivity contribution < 1.29 is 4.74 Å². The van der Waals surface area contributed by atoms with E-state index >= 15 is 0 Å². The molecule has 300 valence electrons. The van der Waals surface area contributed by atoms with Crippen LogP contribution in [0.1, 0.15) is 44.5 Å². The van der Waals surface area contributed by atoms with E-state index in [-0.39, 0.29) is 0 Å². The van der Waals surface area contributed by atoms with Gasteiger partial charge in [-0.05, 0) is 129 Å². The van der Waals surface area contributed by atoms with Gasteiger partial charge in [-0.1, -0.05) is 212 Å². The number of rotatable bonds is 2. The van der Waals surface area contributed by atoms with E-state index in [0.29, 0.717) is 0 Å². The van der Waals surface area contributed by atoms with Crippen LogP contribution in [-0.4, -0.2) is 0 Å². The minimum Gasteiger partial charge on any atom is -0.457 e. The molecule has 65 heavy (non-hydrogen) atoms. The lowest BCUT2D eigenvalue weighted by Crippen LogP contribution is -2.32. The van der Waals surface area contributed by atoms with Gasteiger partial charge in [0.05, 0.1) is 10.8 Å². The largest absolute Gasteiger partial charge is 0.457 e. The fourth-order valence-corrected chi connectivity index (χ4v) is 13.0. The summed E-state index contributed by atoms with van der Waals surface area (Å²) in [5.41, 5.74) is 22.0. The van der Waals surface area contributed by atoms with Crippen LogP contribution in [0.25, 0.3) is 77.2 Å². The molecule has 0 amide bonds. The number of fused-ring (bicyclic) bond motifs is 22. The molecule has 0 saturated carbocycles. The van der Waals surface area contributed by atoms with E-state index in [9.17, 15) is 0 Å². The lowest BCUT2D eigenvalue weighted by atomic mass is 9.64. The molecule has 2 spiro atoms. The Balaban J connectivity index is 0.974. The van der Waals surface area contributed by atoms with Crippen molar-refractivity contribution in [3.8, 4) is 67.1 Å². The van der Waals surface area contributed by atoms with E-state index in [1.165, 1.54) is 122 Å². The third-order valence-corrected chi connectivity index (χ3v) is 15.4. The Bertz CT molecular complexity index is 3840. The molecule has 1 heterocycles. The van der Waals surface area contributed by atoms with Gasteiger partial charge in [-0.15, -0.1) is 0 Å². The molecule has 0 saturated heterocycles. The Morgan fingerprint density at radius 1 is 0.262 bits per heavy atom. The van der Waals surface area contributed by atoms with Crippen LogP contribution in [0, 0.1) is 0 Å². The minimum atomic E-state index is -0.573. The Kier molecular flexibility index (Phi) is 6.88. The van der Waals surface area contributed by atoms with Gasteiger partial charge in [0.25, 0.3) is 0 Å². The molecule has 0 aromatic heterocycles. The highest BCUT2D eigenvalue weighted by Gasteiger charge is 2.53. The molecule has 11 aromatic carbocycles. The quantitative estimate of drug-likeness (QED) is 0.169. The smallest absolute Gasteiger partial charge is 0.132 e. The molecule has 3 aliphatic carbocycles. The highest BCUT2D eigenvalue weighted by Crippen LogP contribution is 2.66. The lowest BCUT2D eigenvalue weighted by molar-refractivity contribution is 0.437. The Morgan fingerprint density at radius 3 is 1.48 bits per heavy atom. The molecule has 4 aliphatic rings. The second-order valence-electron chi connectivity index (χ2n) is 18.1. The third-order valence-electron chi connectivity index (χ3n) is 15.4. The second kappa shape index (κ2) is 12.7. The summed E-state index contributed by atoms with van der Waals surface area (Å²) in [5, 5.41) is 5.02. The van der Waals surface area contributed by atoms with Crippen molar-refractivity contribution in [2.24, 2.45) is 0 Å². The summed E-state index contributed by atoms with van der Waals surface area (Å²) in [4.78, 5) is 0. The zero-order valence-electron chi connectivity index (χ0n) is 35.3. The van der Waals surface area contributed by atoms with Crippen molar-refractivity contribution in [1.82, 2.24) is 0 Å². The molecule has 1 nitrogen and oxygen atoms in total. The van der Waals surface area contributed by atoms with Gasteiger partial charge >= 0.3 is 0 Å². The maximum Gasteiger partial charge on any atom is 0.132 e. The zero-order chi connectivity index (χ0) is 42.4. The average molecular weight is 823 g/mol. The van der Waals surface area contributed by atoms with Gasteiger partial charge in [-0.25, -0.2) is 0 Å². The highest BCUT2D eigenvalue weighted by atomic mass is 16.5. The minimum absolute atomic E-state index is 0.449. The van der Waals surface area contributed by atoms with Crippen LogP contribution in [0.3, 0.4) is 0 Å². The first-order valence-corrected chi connectivity index (χ1v) is 22.8. The van der Waals surface area contributed by atoms with Crippen LogP contribution in [0.15, 0.2) is 231 Å². The zero-order valence-corrected chi connectivity index (χ0v) is 35.3. The predicted molar refractivity (Wildman–Crippen MR) is 266 cm³/mol. The molecule has 0 bridgehead atoms. The first-order chi connectivity index (χ1) is 32.3. The van der Waals surface area contributed by atoms with Crippen LogP contribution >= 0.6 is 0 Å². The SMILES string of the molecule is c1ccc2c(c1)Oc1cccc(-c3ccc(-c4ccc5c(c4)C4(c6ccccc6-5)c5ccccc5-c5c4ccc4ccccc54)c4ccccc34)c1C21c2ccccc2-c2ccccc21. The van der Waals surface area contributed by atoms with E-state index in [4.69, 9.17) is 4.74 Å². The maximum absolute atomic E-state index is 6.95. The van der Waals surface area contributed by atoms with Crippen LogP contribution in [0.5, 0.6) is 11.5 Å². The standard InChI is InChI=1S/C64H38O/c1-2-17-42-39(16-1)33-37-57-61(42)51-23-8-12-28-55(51)63(57)52-25-9-5-22-48(52)49-34-32-40(38-58(49)63)41-35-36-45(44-19-4-3-18-43(41)44)50-24-15-31-60-62(50)64(56-29-13-14-30-59(56)65-60)53-26-10-6-20-46(53)47-21-7-11-27-54(47)64/h1-38H. The van der Waals surface area contributed by atoms with Crippen molar-refractivity contribution in [3.63, 3.8) is 0 Å². The number of ether oxygens (including phenoxy) is 1. The first kappa shape index (κ1) is 35.2. The van der Waals surface area contributed by atoms with Gasteiger partial charge in [0.2, 0.25) is 0 Å². The molecular weight excluding hydrogens is 785 g/mol. The maximum atomic E-state index is 6.95. The van der Waals surface area contributed by atoms with E-state index in [1.54, 1.807) is 0 Å². The topological polar surface area (TPSA) is 9.23 Å². The monoisotopic (exact) mass is 822 g/mol. The Hall–Kier alpha value is -8.26. The molecule has 1 atom stereocenters. The van der Waals surface area contributed by atoms with Gasteiger partial charge in [0, 0.05) is 11.1 Å². The summed E-state index contributed by atoms with van der Waals surface area (Å²) >= 11 is 0. The summed E-state index contributed by atoms with van der Waals surface area (Å²) < 4.78 is 6.95. The normalized spacial score (nSPS) is 16.0. The van der Waals surface area contributed by atoms with E-state index in [1.807, 2.05) is 0 Å². The molecule has 15 rings (SSSR count). The second-order valence-corrected chi connectivity index (χ2v) is 18.1. The van der Waals surface area contributed by atoms with E-state index in [2.05, 4.69) is 231 Å². The van der Waals surface area contributed by atoms with Crippen molar-refractivity contribution in [2.75, 3.05) is 0 Å². The highest BCUT2D eigenvalue weighted by molar-refractivity contribution is 6.09. The summed E-state index contributed by atoms with van der Waals surface area (Å²) in [6, 6.07) is 86.2. The fourth-order valence-electron chi connectivity index (χ4n) is 13.0. The molecule has 0 radical (unpaired) electrons. The average Bonchev–Trinajstić information content (AvgIpc) is 3.96. The van der Waals surface area contributed by atoms with Crippen LogP contribution in [0.4, 0.5) is 0 Å². The summed E-state index contributed by atoms with van der Waals surface area (Å²) in [6.07, 6.45) is 0. The number of benzene rings is 11. The van der Waals surface area contributed by atoms with E-state index in [0.717, 1.165) is 11.5 Å². The number of para-hydroxylation sites is 1. The molecule has 0 fully saturated rings. The Morgan fingerprint density at radius 2 is 0.754 bits per heavy atom. The predicted octanol–water partition coefficient (Wildman–Crippen LogP) is 16.1.